The molecule has 1 N–H and O–H groups in total. The summed E-state index contributed by atoms with van der Waals surface area (Å²) in [6.45, 7) is 11.0. The molecular weight excluding hydrogens is 274 g/mol. The zero-order valence-corrected chi connectivity index (χ0v) is 14.4. The van der Waals surface area contributed by atoms with Crippen LogP contribution in [-0.2, 0) is 0 Å². The first-order chi connectivity index (χ1) is 9.83. The van der Waals surface area contributed by atoms with Crippen LogP contribution in [0.4, 0.5) is 5.69 Å². The van der Waals surface area contributed by atoms with Crippen molar-refractivity contribution >= 4 is 17.4 Å². The lowest BCUT2D eigenvalue weighted by Crippen LogP contribution is -2.25. The smallest absolute Gasteiger partial charge is 0.0344 e. The van der Waals surface area contributed by atoms with Crippen molar-refractivity contribution < 1.29 is 0 Å². The van der Waals surface area contributed by atoms with Crippen molar-refractivity contribution in [2.45, 2.75) is 55.9 Å². The Morgan fingerprint density at radius 3 is 1.71 bits per heavy atom. The normalized spacial score (nSPS) is 11.7. The molecule has 0 amide bonds. The van der Waals surface area contributed by atoms with Crippen LogP contribution in [0.3, 0.4) is 0 Å². The van der Waals surface area contributed by atoms with Crippen LogP contribution in [0.5, 0.6) is 0 Å². The van der Waals surface area contributed by atoms with E-state index in [4.69, 9.17) is 0 Å². The summed E-state index contributed by atoms with van der Waals surface area (Å²) in [6.07, 6.45) is 0. The molecule has 0 unspecified atom stereocenters. The van der Waals surface area contributed by atoms with Crippen molar-refractivity contribution in [3.63, 3.8) is 0 Å². The number of benzene rings is 2. The molecule has 0 spiro atoms. The fraction of sp³-hybridized carbons (Fsp3) is 0.368. The van der Waals surface area contributed by atoms with Gasteiger partial charge >= 0.3 is 0 Å². The van der Waals surface area contributed by atoms with Gasteiger partial charge < -0.3 is 5.32 Å². The van der Waals surface area contributed by atoms with E-state index in [1.807, 2.05) is 0 Å². The van der Waals surface area contributed by atoms with Crippen LogP contribution < -0.4 is 5.32 Å². The number of hydrogen-bond acceptors (Lipinski definition) is 2. The first-order valence-electron chi connectivity index (χ1n) is 7.49. The van der Waals surface area contributed by atoms with Gasteiger partial charge in [-0.1, -0.05) is 37.7 Å². The molecule has 0 aliphatic carbocycles. The molecule has 2 heteroatoms. The maximum atomic E-state index is 3.48. The summed E-state index contributed by atoms with van der Waals surface area (Å²) in [5, 5.41) is 3.48. The predicted octanol–water partition coefficient (Wildman–Crippen LogP) is 6.17. The van der Waals surface area contributed by atoms with Crippen LogP contribution in [-0.4, -0.2) is 5.54 Å². The highest BCUT2D eigenvalue weighted by Gasteiger charge is 2.08. The Morgan fingerprint density at radius 1 is 0.810 bits per heavy atom. The molecule has 0 bridgehead atoms. The van der Waals surface area contributed by atoms with Crippen LogP contribution in [0, 0.1) is 0 Å². The van der Waals surface area contributed by atoms with Gasteiger partial charge in [0.05, 0.1) is 0 Å². The first kappa shape index (κ1) is 16.0. The van der Waals surface area contributed by atoms with E-state index in [1.165, 1.54) is 21.0 Å². The van der Waals surface area contributed by atoms with Crippen molar-refractivity contribution in [3.8, 4) is 0 Å². The predicted molar refractivity (Wildman–Crippen MR) is 94.5 cm³/mol. The van der Waals surface area contributed by atoms with E-state index >= 15 is 0 Å². The van der Waals surface area contributed by atoms with Gasteiger partial charge in [-0.25, -0.2) is 0 Å². The Labute approximate surface area is 133 Å². The topological polar surface area (TPSA) is 12.0 Å². The Balaban J connectivity index is 2.03. The summed E-state index contributed by atoms with van der Waals surface area (Å²) >= 11 is 1.81. The molecule has 0 aromatic heterocycles. The standard InChI is InChI=1S/C19H25NS/c1-14(2)15-6-10-17(11-7-15)21-18-12-8-16(9-13-18)20-19(3,4)5/h6-14,20H,1-5H3. The van der Waals surface area contributed by atoms with Gasteiger partial charge in [-0.15, -0.1) is 0 Å². The molecule has 0 saturated carbocycles. The van der Waals surface area contributed by atoms with Crippen molar-refractivity contribution in [2.75, 3.05) is 5.32 Å². The Morgan fingerprint density at radius 2 is 1.29 bits per heavy atom. The second-order valence-corrected chi connectivity index (χ2v) is 7.87. The fourth-order valence-electron chi connectivity index (χ4n) is 2.10. The second-order valence-electron chi connectivity index (χ2n) is 6.73. The molecule has 1 nitrogen and oxygen atoms in total. The van der Waals surface area contributed by atoms with Gasteiger partial charge in [0.25, 0.3) is 0 Å². The molecule has 112 valence electrons. The monoisotopic (exact) mass is 299 g/mol. The van der Waals surface area contributed by atoms with E-state index < -0.39 is 0 Å². The molecule has 0 aliphatic heterocycles. The average molecular weight is 299 g/mol. The molecule has 2 aromatic carbocycles. The molecular formula is C19H25NS. The summed E-state index contributed by atoms with van der Waals surface area (Å²) in [4.78, 5) is 2.56. The molecule has 0 aliphatic rings. The minimum atomic E-state index is 0.0985. The zero-order valence-electron chi connectivity index (χ0n) is 13.6. The van der Waals surface area contributed by atoms with Gasteiger partial charge in [-0.2, -0.15) is 0 Å². The third-order valence-corrected chi connectivity index (χ3v) is 4.17. The minimum absolute atomic E-state index is 0.0985. The second kappa shape index (κ2) is 6.57. The quantitative estimate of drug-likeness (QED) is 0.724. The third-order valence-electron chi connectivity index (χ3n) is 3.16. The Bertz CT molecular complexity index is 562. The van der Waals surface area contributed by atoms with E-state index in [0.29, 0.717) is 5.92 Å². The highest BCUT2D eigenvalue weighted by Crippen LogP contribution is 2.30. The summed E-state index contributed by atoms with van der Waals surface area (Å²) in [5.74, 6) is 0.590. The Hall–Kier alpha value is -1.41. The van der Waals surface area contributed by atoms with E-state index in [9.17, 15) is 0 Å². The lowest BCUT2D eigenvalue weighted by molar-refractivity contribution is 0.634. The molecule has 0 atom stereocenters. The molecule has 0 saturated heterocycles. The number of anilines is 1. The van der Waals surface area contributed by atoms with Crippen LogP contribution in [0.1, 0.15) is 46.1 Å². The third kappa shape index (κ3) is 5.13. The van der Waals surface area contributed by atoms with Crippen LogP contribution >= 0.6 is 11.8 Å². The maximum absolute atomic E-state index is 3.48. The van der Waals surface area contributed by atoms with Crippen molar-refractivity contribution in [3.05, 3.63) is 54.1 Å². The van der Waals surface area contributed by atoms with Crippen LogP contribution in [0.2, 0.25) is 0 Å². The fourth-order valence-corrected chi connectivity index (χ4v) is 2.91. The number of rotatable bonds is 4. The number of nitrogens with one attached hydrogen (secondary N) is 1. The minimum Gasteiger partial charge on any atom is -0.380 e. The van der Waals surface area contributed by atoms with Gasteiger partial charge in [0.2, 0.25) is 0 Å². The maximum Gasteiger partial charge on any atom is 0.0344 e. The van der Waals surface area contributed by atoms with Gasteiger partial charge in [-0.05, 0) is 68.7 Å². The van der Waals surface area contributed by atoms with Crippen LogP contribution in [0.15, 0.2) is 58.3 Å². The zero-order chi connectivity index (χ0) is 15.5. The van der Waals surface area contributed by atoms with Gasteiger partial charge in [-0.3, -0.25) is 0 Å². The highest BCUT2D eigenvalue weighted by atomic mass is 32.2. The van der Waals surface area contributed by atoms with Gasteiger partial charge in [0, 0.05) is 21.0 Å². The lowest BCUT2D eigenvalue weighted by Gasteiger charge is -2.22. The SMILES string of the molecule is CC(C)c1ccc(Sc2ccc(NC(C)(C)C)cc2)cc1. The van der Waals surface area contributed by atoms with E-state index in [1.54, 1.807) is 11.8 Å². The van der Waals surface area contributed by atoms with Crippen LogP contribution in [0.25, 0.3) is 0 Å². The number of hydrogen-bond donors (Lipinski definition) is 1. The lowest BCUT2D eigenvalue weighted by atomic mass is 10.0. The van der Waals surface area contributed by atoms with Crippen molar-refractivity contribution in [1.82, 2.24) is 0 Å². The van der Waals surface area contributed by atoms with E-state index in [-0.39, 0.29) is 5.54 Å². The molecule has 2 rings (SSSR count). The van der Waals surface area contributed by atoms with Gasteiger partial charge in [0.1, 0.15) is 0 Å². The molecule has 0 radical (unpaired) electrons. The Kier molecular flexibility index (Phi) is 5.00. The van der Waals surface area contributed by atoms with Crippen molar-refractivity contribution in [1.29, 1.82) is 0 Å². The largest absolute Gasteiger partial charge is 0.380 e. The summed E-state index contributed by atoms with van der Waals surface area (Å²) in [5.41, 5.74) is 2.66. The summed E-state index contributed by atoms with van der Waals surface area (Å²) in [6, 6.07) is 17.5. The highest BCUT2D eigenvalue weighted by molar-refractivity contribution is 7.99. The molecule has 2 aromatic rings. The molecule has 0 heterocycles. The van der Waals surface area contributed by atoms with Crippen molar-refractivity contribution in [2.24, 2.45) is 0 Å². The molecule has 0 fully saturated rings. The first-order valence-corrected chi connectivity index (χ1v) is 8.31. The summed E-state index contributed by atoms with van der Waals surface area (Å²) < 4.78 is 0. The van der Waals surface area contributed by atoms with E-state index in [2.05, 4.69) is 88.5 Å². The molecule has 21 heavy (non-hydrogen) atoms. The summed E-state index contributed by atoms with van der Waals surface area (Å²) in [7, 11) is 0. The van der Waals surface area contributed by atoms with E-state index in [0.717, 1.165) is 0 Å². The van der Waals surface area contributed by atoms with Gasteiger partial charge in [0.15, 0.2) is 0 Å². The average Bonchev–Trinajstić information content (AvgIpc) is 2.40.